The van der Waals surface area contributed by atoms with Crippen molar-refractivity contribution >= 4 is 11.7 Å². The van der Waals surface area contributed by atoms with E-state index in [9.17, 15) is 4.79 Å². The molecule has 2 amide bonds. The van der Waals surface area contributed by atoms with Gasteiger partial charge in [-0.05, 0) is 25.5 Å². The number of urea groups is 1. The first-order chi connectivity index (χ1) is 12.1. The highest BCUT2D eigenvalue weighted by Crippen LogP contribution is 2.17. The van der Waals surface area contributed by atoms with Crippen molar-refractivity contribution in [2.75, 3.05) is 11.4 Å². The minimum absolute atomic E-state index is 0.355. The summed E-state index contributed by atoms with van der Waals surface area (Å²) in [5.74, 6) is 0. The van der Waals surface area contributed by atoms with Crippen LogP contribution >= 0.6 is 0 Å². The van der Waals surface area contributed by atoms with Gasteiger partial charge < -0.3 is 5.73 Å². The normalized spacial score (nSPS) is 10.8. The van der Waals surface area contributed by atoms with E-state index in [2.05, 4.69) is 6.92 Å². The van der Waals surface area contributed by atoms with Crippen molar-refractivity contribution in [3.63, 3.8) is 0 Å². The van der Waals surface area contributed by atoms with Crippen LogP contribution in [0.1, 0.15) is 89.5 Å². The number of carbonyl (C=O) groups excluding carboxylic acids is 1. The molecule has 0 aromatic heterocycles. The van der Waals surface area contributed by atoms with Crippen molar-refractivity contribution in [2.24, 2.45) is 5.73 Å². The molecule has 1 rings (SSSR count). The van der Waals surface area contributed by atoms with Crippen LogP contribution in [0.4, 0.5) is 10.5 Å². The molecule has 0 aliphatic carbocycles. The van der Waals surface area contributed by atoms with Gasteiger partial charge in [-0.3, -0.25) is 4.90 Å². The van der Waals surface area contributed by atoms with Crippen molar-refractivity contribution < 1.29 is 4.79 Å². The molecule has 0 unspecified atom stereocenters. The van der Waals surface area contributed by atoms with Crippen molar-refractivity contribution in [1.82, 2.24) is 0 Å². The zero-order valence-electron chi connectivity index (χ0n) is 16.4. The molecule has 0 saturated carbocycles. The lowest BCUT2D eigenvalue weighted by Crippen LogP contribution is -2.36. The fourth-order valence-electron chi connectivity index (χ4n) is 3.20. The lowest BCUT2D eigenvalue weighted by molar-refractivity contribution is 0.253. The van der Waals surface area contributed by atoms with E-state index in [1.165, 1.54) is 76.2 Å². The summed E-state index contributed by atoms with van der Waals surface area (Å²) in [4.78, 5) is 13.4. The van der Waals surface area contributed by atoms with Gasteiger partial charge >= 0.3 is 6.03 Å². The molecule has 0 atom stereocenters. The first kappa shape index (κ1) is 21.5. The van der Waals surface area contributed by atoms with Gasteiger partial charge in [0.1, 0.15) is 0 Å². The average molecular weight is 347 g/mol. The van der Waals surface area contributed by atoms with Crippen LogP contribution in [-0.2, 0) is 0 Å². The highest BCUT2D eigenvalue weighted by atomic mass is 16.2. The largest absolute Gasteiger partial charge is 0.351 e. The quantitative estimate of drug-likeness (QED) is 0.380. The van der Waals surface area contributed by atoms with Crippen LogP contribution in [0, 0.1) is 6.92 Å². The van der Waals surface area contributed by atoms with Crippen LogP contribution in [0.3, 0.4) is 0 Å². The molecule has 0 bridgehead atoms. The Labute approximate surface area is 155 Å². The number of nitrogens with two attached hydrogens (primary N) is 1. The number of amides is 2. The van der Waals surface area contributed by atoms with Crippen LogP contribution in [0.5, 0.6) is 0 Å². The standard InChI is InChI=1S/C22H38N2O/c1-3-4-5-6-7-8-9-10-11-12-13-14-19-24(22(23)25)21-17-15-20(2)16-18-21/h15-18H,3-14,19H2,1-2H3,(H2,23,25). The molecule has 0 aliphatic rings. The monoisotopic (exact) mass is 346 g/mol. The Morgan fingerprint density at radius 3 is 1.68 bits per heavy atom. The van der Waals surface area contributed by atoms with Crippen LogP contribution < -0.4 is 10.6 Å². The highest BCUT2D eigenvalue weighted by Gasteiger charge is 2.11. The Bertz CT molecular complexity index is 456. The summed E-state index contributed by atoms with van der Waals surface area (Å²) in [5, 5.41) is 0. The number of benzene rings is 1. The number of unbranched alkanes of at least 4 members (excludes halogenated alkanes) is 11. The summed E-state index contributed by atoms with van der Waals surface area (Å²) in [6, 6.07) is 7.63. The number of aryl methyl sites for hydroxylation is 1. The second kappa shape index (κ2) is 13.7. The van der Waals surface area contributed by atoms with Crippen molar-refractivity contribution in [3.8, 4) is 0 Å². The maximum atomic E-state index is 11.7. The van der Waals surface area contributed by atoms with Gasteiger partial charge in [0, 0.05) is 12.2 Å². The number of rotatable bonds is 14. The van der Waals surface area contributed by atoms with Crippen LogP contribution in [0.15, 0.2) is 24.3 Å². The van der Waals surface area contributed by atoms with Gasteiger partial charge in [-0.2, -0.15) is 0 Å². The van der Waals surface area contributed by atoms with Gasteiger partial charge in [0.2, 0.25) is 0 Å². The van der Waals surface area contributed by atoms with Gasteiger partial charge in [0.05, 0.1) is 0 Å². The Hall–Kier alpha value is -1.51. The van der Waals surface area contributed by atoms with Crippen LogP contribution in [-0.4, -0.2) is 12.6 Å². The lowest BCUT2D eigenvalue weighted by Gasteiger charge is -2.20. The number of hydrogen-bond donors (Lipinski definition) is 1. The molecule has 1 aromatic carbocycles. The van der Waals surface area contributed by atoms with E-state index in [0.717, 1.165) is 18.7 Å². The van der Waals surface area contributed by atoms with Gasteiger partial charge in [-0.25, -0.2) is 4.79 Å². The topological polar surface area (TPSA) is 46.3 Å². The fourth-order valence-corrected chi connectivity index (χ4v) is 3.20. The van der Waals surface area contributed by atoms with Gasteiger partial charge in [-0.15, -0.1) is 0 Å². The third kappa shape index (κ3) is 10.2. The molecule has 142 valence electrons. The molecule has 0 aliphatic heterocycles. The number of nitrogens with zero attached hydrogens (tertiary/aromatic N) is 1. The molecule has 0 radical (unpaired) electrons. The predicted octanol–water partition coefficient (Wildman–Crippen LogP) is 6.58. The van der Waals surface area contributed by atoms with Gasteiger partial charge in [0.15, 0.2) is 0 Å². The zero-order chi connectivity index (χ0) is 18.3. The second-order valence-electron chi connectivity index (χ2n) is 7.21. The summed E-state index contributed by atoms with van der Waals surface area (Å²) >= 11 is 0. The predicted molar refractivity (Wildman–Crippen MR) is 109 cm³/mol. The van der Waals surface area contributed by atoms with Gasteiger partial charge in [0.25, 0.3) is 0 Å². The molecule has 2 N–H and O–H groups in total. The minimum Gasteiger partial charge on any atom is -0.351 e. The second-order valence-corrected chi connectivity index (χ2v) is 7.21. The minimum atomic E-state index is -0.355. The first-order valence-electron chi connectivity index (χ1n) is 10.3. The molecular weight excluding hydrogens is 308 g/mol. The summed E-state index contributed by atoms with van der Waals surface area (Å²) in [6.07, 6.45) is 15.9. The Morgan fingerprint density at radius 1 is 0.800 bits per heavy atom. The SMILES string of the molecule is CCCCCCCCCCCCCCN(C(N)=O)c1ccc(C)cc1. The van der Waals surface area contributed by atoms with E-state index >= 15 is 0 Å². The van der Waals surface area contributed by atoms with E-state index in [0.29, 0.717) is 0 Å². The Morgan fingerprint density at radius 2 is 1.24 bits per heavy atom. The fraction of sp³-hybridized carbons (Fsp3) is 0.682. The molecule has 0 spiro atoms. The first-order valence-corrected chi connectivity index (χ1v) is 10.3. The maximum Gasteiger partial charge on any atom is 0.319 e. The third-order valence-corrected chi connectivity index (χ3v) is 4.85. The van der Waals surface area contributed by atoms with E-state index in [4.69, 9.17) is 5.73 Å². The van der Waals surface area contributed by atoms with Crippen LogP contribution in [0.2, 0.25) is 0 Å². The Kier molecular flexibility index (Phi) is 11.8. The summed E-state index contributed by atoms with van der Waals surface area (Å²) in [5.41, 5.74) is 7.63. The summed E-state index contributed by atoms with van der Waals surface area (Å²) in [6.45, 7) is 5.03. The number of anilines is 1. The molecule has 3 nitrogen and oxygen atoms in total. The van der Waals surface area contributed by atoms with E-state index < -0.39 is 0 Å². The highest BCUT2D eigenvalue weighted by molar-refractivity contribution is 5.90. The van der Waals surface area contributed by atoms with Crippen molar-refractivity contribution in [3.05, 3.63) is 29.8 Å². The maximum absolute atomic E-state index is 11.7. The lowest BCUT2D eigenvalue weighted by atomic mass is 10.1. The smallest absolute Gasteiger partial charge is 0.319 e. The Balaban J connectivity index is 2.05. The van der Waals surface area contributed by atoms with Crippen molar-refractivity contribution in [2.45, 2.75) is 90.9 Å². The van der Waals surface area contributed by atoms with E-state index in [-0.39, 0.29) is 6.03 Å². The van der Waals surface area contributed by atoms with E-state index in [1.807, 2.05) is 31.2 Å². The zero-order valence-corrected chi connectivity index (χ0v) is 16.4. The van der Waals surface area contributed by atoms with E-state index in [1.54, 1.807) is 4.90 Å². The van der Waals surface area contributed by atoms with Crippen LogP contribution in [0.25, 0.3) is 0 Å². The average Bonchev–Trinajstić information content (AvgIpc) is 2.60. The molecular formula is C22H38N2O. The molecule has 3 heteroatoms. The number of carbonyl (C=O) groups is 1. The molecule has 1 aromatic rings. The van der Waals surface area contributed by atoms with Crippen molar-refractivity contribution in [1.29, 1.82) is 0 Å². The molecule has 0 fully saturated rings. The number of hydrogen-bond acceptors (Lipinski definition) is 1. The van der Waals surface area contributed by atoms with Gasteiger partial charge in [-0.1, -0.05) is 95.2 Å². The summed E-state index contributed by atoms with van der Waals surface area (Å²) < 4.78 is 0. The molecule has 0 heterocycles. The molecule has 25 heavy (non-hydrogen) atoms. The third-order valence-electron chi connectivity index (χ3n) is 4.85. The summed E-state index contributed by atoms with van der Waals surface area (Å²) in [7, 11) is 0. The number of primary amides is 1. The molecule has 0 saturated heterocycles.